The standard InChI is InChI=1S/C20H22N2O3S/c1-26-16-9-10-18(22(24)25)17(13-16)19(23)21-14-20(11-5-6-12-20)15-7-3-2-4-8-15/h2-4,7-10,13H,5-6,11-12,14H2,1H3,(H,21,23). The molecule has 1 fully saturated rings. The van der Waals surface area contributed by atoms with E-state index in [1.165, 1.54) is 23.4 Å². The van der Waals surface area contributed by atoms with Crippen molar-refractivity contribution in [2.24, 2.45) is 0 Å². The number of rotatable bonds is 6. The summed E-state index contributed by atoms with van der Waals surface area (Å²) in [5.41, 5.74) is 1.12. The Balaban J connectivity index is 1.83. The molecule has 0 aliphatic heterocycles. The number of carbonyl (C=O) groups excluding carboxylic acids is 1. The summed E-state index contributed by atoms with van der Waals surface area (Å²) in [6, 6.07) is 14.9. The predicted molar refractivity (Wildman–Crippen MR) is 104 cm³/mol. The Morgan fingerprint density at radius 2 is 1.88 bits per heavy atom. The number of amides is 1. The molecule has 1 aliphatic carbocycles. The van der Waals surface area contributed by atoms with Gasteiger partial charge >= 0.3 is 0 Å². The summed E-state index contributed by atoms with van der Waals surface area (Å²) >= 11 is 1.46. The molecule has 1 saturated carbocycles. The fraction of sp³-hybridized carbons (Fsp3) is 0.350. The van der Waals surface area contributed by atoms with Gasteiger partial charge in [0.05, 0.1) is 4.92 Å². The van der Waals surface area contributed by atoms with Gasteiger partial charge in [0, 0.05) is 22.9 Å². The third-order valence-electron chi connectivity index (χ3n) is 5.18. The number of nitro groups is 1. The first-order valence-corrected chi connectivity index (χ1v) is 9.94. The second kappa shape index (κ2) is 7.91. The minimum Gasteiger partial charge on any atom is -0.351 e. The van der Waals surface area contributed by atoms with Crippen molar-refractivity contribution in [1.82, 2.24) is 5.32 Å². The van der Waals surface area contributed by atoms with Gasteiger partial charge in [-0.3, -0.25) is 14.9 Å². The van der Waals surface area contributed by atoms with Crippen molar-refractivity contribution < 1.29 is 9.72 Å². The molecule has 1 amide bonds. The number of hydrogen-bond donors (Lipinski definition) is 1. The first-order chi connectivity index (χ1) is 12.6. The minimum atomic E-state index is -0.498. The smallest absolute Gasteiger partial charge is 0.282 e. The molecule has 0 aromatic heterocycles. The highest BCUT2D eigenvalue weighted by Crippen LogP contribution is 2.40. The summed E-state index contributed by atoms with van der Waals surface area (Å²) in [5.74, 6) is -0.380. The van der Waals surface area contributed by atoms with Gasteiger partial charge in [0.1, 0.15) is 5.56 Å². The van der Waals surface area contributed by atoms with Gasteiger partial charge in [-0.2, -0.15) is 0 Å². The molecule has 5 nitrogen and oxygen atoms in total. The van der Waals surface area contributed by atoms with Crippen LogP contribution in [0.1, 0.15) is 41.6 Å². The molecular formula is C20H22N2O3S. The second-order valence-electron chi connectivity index (χ2n) is 6.68. The number of thioether (sulfide) groups is 1. The number of hydrogen-bond acceptors (Lipinski definition) is 4. The van der Waals surface area contributed by atoms with Gasteiger partial charge in [0.2, 0.25) is 0 Å². The molecule has 136 valence electrons. The molecule has 2 aromatic carbocycles. The van der Waals surface area contributed by atoms with Crippen LogP contribution in [0.4, 0.5) is 5.69 Å². The fourth-order valence-corrected chi connectivity index (χ4v) is 4.18. The Morgan fingerprint density at radius 1 is 1.19 bits per heavy atom. The van der Waals surface area contributed by atoms with Crippen LogP contribution >= 0.6 is 11.8 Å². The largest absolute Gasteiger partial charge is 0.351 e. The van der Waals surface area contributed by atoms with Crippen LogP contribution in [0.15, 0.2) is 53.4 Å². The van der Waals surface area contributed by atoms with Gasteiger partial charge in [-0.1, -0.05) is 43.2 Å². The summed E-state index contributed by atoms with van der Waals surface area (Å²) in [6.07, 6.45) is 6.18. The topological polar surface area (TPSA) is 72.2 Å². The predicted octanol–water partition coefficient (Wildman–Crippen LogP) is 4.56. The van der Waals surface area contributed by atoms with Crippen molar-refractivity contribution in [1.29, 1.82) is 0 Å². The Labute approximate surface area is 157 Å². The summed E-state index contributed by atoms with van der Waals surface area (Å²) in [4.78, 5) is 24.4. The fourth-order valence-electron chi connectivity index (χ4n) is 3.74. The number of carbonyl (C=O) groups is 1. The highest BCUT2D eigenvalue weighted by Gasteiger charge is 2.36. The molecular weight excluding hydrogens is 348 g/mol. The number of nitrogens with zero attached hydrogens (tertiary/aromatic N) is 1. The highest BCUT2D eigenvalue weighted by atomic mass is 32.2. The lowest BCUT2D eigenvalue weighted by Gasteiger charge is -2.30. The van der Waals surface area contributed by atoms with Crippen LogP contribution in [0, 0.1) is 10.1 Å². The zero-order valence-electron chi connectivity index (χ0n) is 14.7. The molecule has 3 rings (SSSR count). The van der Waals surface area contributed by atoms with Gasteiger partial charge in [-0.15, -0.1) is 11.8 Å². The summed E-state index contributed by atoms with van der Waals surface area (Å²) in [5, 5.41) is 14.3. The third-order valence-corrected chi connectivity index (χ3v) is 5.90. The Bertz CT molecular complexity index is 802. The van der Waals surface area contributed by atoms with Crippen LogP contribution in [0.2, 0.25) is 0 Å². The van der Waals surface area contributed by atoms with Gasteiger partial charge in [0.15, 0.2) is 0 Å². The van der Waals surface area contributed by atoms with E-state index in [4.69, 9.17) is 0 Å². The van der Waals surface area contributed by atoms with Crippen LogP contribution in [-0.2, 0) is 5.41 Å². The van der Waals surface area contributed by atoms with Crippen LogP contribution in [0.5, 0.6) is 0 Å². The number of nitrogens with one attached hydrogen (secondary N) is 1. The van der Waals surface area contributed by atoms with Crippen LogP contribution in [0.25, 0.3) is 0 Å². The van der Waals surface area contributed by atoms with E-state index in [9.17, 15) is 14.9 Å². The monoisotopic (exact) mass is 370 g/mol. The number of benzene rings is 2. The average Bonchev–Trinajstić information content (AvgIpc) is 3.16. The Kier molecular flexibility index (Phi) is 5.61. The minimum absolute atomic E-state index is 0.0805. The molecule has 0 radical (unpaired) electrons. The van der Waals surface area contributed by atoms with Crippen molar-refractivity contribution in [2.75, 3.05) is 12.8 Å². The molecule has 6 heteroatoms. The summed E-state index contributed by atoms with van der Waals surface area (Å²) in [6.45, 7) is 0.497. The second-order valence-corrected chi connectivity index (χ2v) is 7.56. The molecule has 0 unspecified atom stereocenters. The quantitative estimate of drug-likeness (QED) is 0.460. The Morgan fingerprint density at radius 3 is 2.50 bits per heavy atom. The highest BCUT2D eigenvalue weighted by molar-refractivity contribution is 7.98. The van der Waals surface area contributed by atoms with E-state index in [2.05, 4.69) is 17.4 Å². The maximum absolute atomic E-state index is 12.7. The zero-order valence-corrected chi connectivity index (χ0v) is 15.6. The normalized spacial score (nSPS) is 15.6. The van der Waals surface area contributed by atoms with Crippen molar-refractivity contribution in [3.63, 3.8) is 0 Å². The average molecular weight is 370 g/mol. The molecule has 0 spiro atoms. The van der Waals surface area contributed by atoms with Crippen LogP contribution < -0.4 is 5.32 Å². The van der Waals surface area contributed by atoms with E-state index >= 15 is 0 Å². The number of nitro benzene ring substituents is 1. The van der Waals surface area contributed by atoms with E-state index in [0.717, 1.165) is 30.6 Å². The molecule has 0 saturated heterocycles. The van der Waals surface area contributed by atoms with Gasteiger partial charge in [-0.25, -0.2) is 0 Å². The molecule has 0 heterocycles. The van der Waals surface area contributed by atoms with Crippen LogP contribution in [-0.4, -0.2) is 23.6 Å². The molecule has 26 heavy (non-hydrogen) atoms. The van der Waals surface area contributed by atoms with Gasteiger partial charge in [-0.05, 0) is 36.8 Å². The third kappa shape index (κ3) is 3.75. The first-order valence-electron chi connectivity index (χ1n) is 8.72. The van der Waals surface area contributed by atoms with E-state index in [1.807, 2.05) is 24.5 Å². The van der Waals surface area contributed by atoms with Crippen molar-refractivity contribution >= 4 is 23.4 Å². The molecule has 0 atom stereocenters. The Hall–Kier alpha value is -2.34. The summed E-state index contributed by atoms with van der Waals surface area (Å²) in [7, 11) is 0. The van der Waals surface area contributed by atoms with E-state index in [0.29, 0.717) is 6.54 Å². The van der Waals surface area contributed by atoms with E-state index in [1.54, 1.807) is 12.1 Å². The molecule has 1 aliphatic rings. The lowest BCUT2D eigenvalue weighted by Crippen LogP contribution is -2.39. The lowest BCUT2D eigenvalue weighted by atomic mass is 9.79. The van der Waals surface area contributed by atoms with Gasteiger partial charge in [0.25, 0.3) is 11.6 Å². The SMILES string of the molecule is CSc1ccc([N+](=O)[O-])c(C(=O)NCC2(c3ccccc3)CCCC2)c1. The summed E-state index contributed by atoms with van der Waals surface area (Å²) < 4.78 is 0. The van der Waals surface area contributed by atoms with Crippen molar-refractivity contribution in [3.05, 3.63) is 69.8 Å². The van der Waals surface area contributed by atoms with Crippen molar-refractivity contribution in [2.45, 2.75) is 36.0 Å². The maximum Gasteiger partial charge on any atom is 0.282 e. The molecule has 1 N–H and O–H groups in total. The maximum atomic E-state index is 12.7. The van der Waals surface area contributed by atoms with Crippen LogP contribution in [0.3, 0.4) is 0 Å². The lowest BCUT2D eigenvalue weighted by molar-refractivity contribution is -0.385. The van der Waals surface area contributed by atoms with E-state index < -0.39 is 4.92 Å². The van der Waals surface area contributed by atoms with Crippen molar-refractivity contribution in [3.8, 4) is 0 Å². The zero-order chi connectivity index (χ0) is 18.6. The first kappa shape index (κ1) is 18.5. The van der Waals surface area contributed by atoms with E-state index in [-0.39, 0.29) is 22.6 Å². The van der Waals surface area contributed by atoms with Gasteiger partial charge < -0.3 is 5.32 Å². The molecule has 0 bridgehead atoms. The molecule has 2 aromatic rings.